The van der Waals surface area contributed by atoms with Crippen molar-refractivity contribution >= 4 is 5.69 Å². The van der Waals surface area contributed by atoms with Crippen molar-refractivity contribution in [2.75, 3.05) is 6.61 Å². The van der Waals surface area contributed by atoms with Gasteiger partial charge in [-0.25, -0.2) is 9.48 Å². The second kappa shape index (κ2) is 6.23. The zero-order valence-electron chi connectivity index (χ0n) is 13.6. The van der Waals surface area contributed by atoms with Gasteiger partial charge in [0.25, 0.3) is 0 Å². The van der Waals surface area contributed by atoms with Crippen molar-refractivity contribution in [3.63, 3.8) is 0 Å². The van der Waals surface area contributed by atoms with Crippen LogP contribution in [0.15, 0.2) is 29.1 Å². The van der Waals surface area contributed by atoms with E-state index in [4.69, 9.17) is 4.74 Å². The smallest absolute Gasteiger partial charge is 0.346 e. The first-order chi connectivity index (χ1) is 10.7. The van der Waals surface area contributed by atoms with Crippen LogP contribution in [0.1, 0.15) is 26.6 Å². The van der Waals surface area contributed by atoms with Gasteiger partial charge in [-0.2, -0.15) is 5.10 Å². The summed E-state index contributed by atoms with van der Waals surface area (Å²) in [7, 11) is 0. The molecule has 0 radical (unpaired) electrons. The molecule has 0 aliphatic carbocycles. The van der Waals surface area contributed by atoms with E-state index in [1.54, 1.807) is 19.1 Å². The van der Waals surface area contributed by atoms with Crippen LogP contribution in [0.5, 0.6) is 5.75 Å². The highest BCUT2D eigenvalue weighted by atomic mass is 16.6. The number of nitrogens with zero attached hydrogens (tertiary/aromatic N) is 4. The van der Waals surface area contributed by atoms with E-state index in [-0.39, 0.29) is 30.3 Å². The normalized spacial score (nSPS) is 11.5. The Kier molecular flexibility index (Phi) is 4.53. The lowest BCUT2D eigenvalue weighted by Gasteiger charge is -2.16. The van der Waals surface area contributed by atoms with Crippen LogP contribution < -0.4 is 10.4 Å². The zero-order chi connectivity index (χ0) is 17.2. The number of hydrogen-bond acceptors (Lipinski definition) is 5. The summed E-state index contributed by atoms with van der Waals surface area (Å²) in [6, 6.07) is 6.15. The maximum Gasteiger partial charge on any atom is 0.346 e. The number of para-hydroxylation sites is 2. The number of hydrogen-bond donors (Lipinski definition) is 0. The molecule has 0 aliphatic rings. The molecule has 1 aromatic heterocycles. The molecule has 1 aromatic carbocycles. The van der Waals surface area contributed by atoms with E-state index in [1.807, 2.05) is 20.8 Å². The standard InChI is InChI=1S/C15H20N4O4/c1-11-16-18(15(2,3)4)14(20)17(11)9-10-23-13-8-6-5-7-12(13)19(21)22/h5-8H,9-10H2,1-4H3. The zero-order valence-corrected chi connectivity index (χ0v) is 13.6. The Morgan fingerprint density at radius 2 is 1.96 bits per heavy atom. The van der Waals surface area contributed by atoms with Gasteiger partial charge in [-0.1, -0.05) is 12.1 Å². The van der Waals surface area contributed by atoms with Crippen molar-refractivity contribution in [2.45, 2.75) is 39.8 Å². The molecule has 0 atom stereocenters. The molecule has 0 N–H and O–H groups in total. The Morgan fingerprint density at radius 3 is 2.52 bits per heavy atom. The number of nitro benzene ring substituents is 1. The summed E-state index contributed by atoms with van der Waals surface area (Å²) in [5.41, 5.74) is -0.727. The fraction of sp³-hybridized carbons (Fsp3) is 0.467. The first-order valence-electron chi connectivity index (χ1n) is 7.25. The SMILES string of the molecule is Cc1nn(C(C)(C)C)c(=O)n1CCOc1ccccc1[N+](=O)[O-]. The fourth-order valence-electron chi connectivity index (χ4n) is 2.17. The van der Waals surface area contributed by atoms with Crippen molar-refractivity contribution in [3.8, 4) is 5.75 Å². The van der Waals surface area contributed by atoms with Gasteiger partial charge in [-0.05, 0) is 33.8 Å². The Balaban J connectivity index is 2.13. The molecule has 0 unspecified atom stereocenters. The molecular formula is C15H20N4O4. The second-order valence-electron chi connectivity index (χ2n) is 6.14. The number of benzene rings is 1. The highest BCUT2D eigenvalue weighted by Crippen LogP contribution is 2.25. The average Bonchev–Trinajstić information content (AvgIpc) is 2.75. The van der Waals surface area contributed by atoms with E-state index in [0.29, 0.717) is 5.82 Å². The number of aromatic nitrogens is 3. The molecule has 0 aliphatic heterocycles. The molecule has 0 fully saturated rings. The van der Waals surface area contributed by atoms with Crippen molar-refractivity contribution in [1.82, 2.24) is 14.3 Å². The molecule has 0 saturated heterocycles. The predicted octanol–water partition coefficient (Wildman–Crippen LogP) is 2.10. The Labute approximate surface area is 133 Å². The van der Waals surface area contributed by atoms with Crippen molar-refractivity contribution in [3.05, 3.63) is 50.7 Å². The van der Waals surface area contributed by atoms with Crippen LogP contribution in [0.2, 0.25) is 0 Å². The van der Waals surface area contributed by atoms with Crippen molar-refractivity contribution in [2.24, 2.45) is 0 Å². The average molecular weight is 320 g/mol. The summed E-state index contributed by atoms with van der Waals surface area (Å²) >= 11 is 0. The van der Waals surface area contributed by atoms with Crippen LogP contribution >= 0.6 is 0 Å². The minimum absolute atomic E-state index is 0.0954. The van der Waals surface area contributed by atoms with Gasteiger partial charge in [0.1, 0.15) is 12.4 Å². The van der Waals surface area contributed by atoms with E-state index in [9.17, 15) is 14.9 Å². The molecule has 0 saturated carbocycles. The van der Waals surface area contributed by atoms with Crippen LogP contribution in [0, 0.1) is 17.0 Å². The number of ether oxygens (including phenoxy) is 1. The van der Waals surface area contributed by atoms with Crippen molar-refractivity contribution in [1.29, 1.82) is 0 Å². The monoisotopic (exact) mass is 320 g/mol. The molecule has 8 heteroatoms. The summed E-state index contributed by atoms with van der Waals surface area (Å²) < 4.78 is 8.39. The van der Waals surface area contributed by atoms with Crippen molar-refractivity contribution < 1.29 is 9.66 Å². The number of rotatable bonds is 5. The van der Waals surface area contributed by atoms with Gasteiger partial charge >= 0.3 is 11.4 Å². The fourth-order valence-corrected chi connectivity index (χ4v) is 2.17. The third kappa shape index (κ3) is 3.58. The molecule has 23 heavy (non-hydrogen) atoms. The number of aryl methyl sites for hydroxylation is 1. The molecule has 2 rings (SSSR count). The summed E-state index contributed by atoms with van der Waals surface area (Å²) in [4.78, 5) is 22.8. The molecule has 0 bridgehead atoms. The summed E-state index contributed by atoms with van der Waals surface area (Å²) in [5, 5.41) is 15.2. The Morgan fingerprint density at radius 1 is 1.30 bits per heavy atom. The van der Waals surface area contributed by atoms with Crippen LogP contribution in [0.25, 0.3) is 0 Å². The molecule has 0 spiro atoms. The third-order valence-corrected chi connectivity index (χ3v) is 3.32. The van der Waals surface area contributed by atoms with Crippen LogP contribution in [-0.4, -0.2) is 25.9 Å². The minimum Gasteiger partial charge on any atom is -0.485 e. The molecule has 8 nitrogen and oxygen atoms in total. The Bertz CT molecular complexity index is 771. The first-order valence-corrected chi connectivity index (χ1v) is 7.25. The van der Waals surface area contributed by atoms with Gasteiger partial charge in [0.15, 0.2) is 5.75 Å². The lowest BCUT2D eigenvalue weighted by atomic mass is 10.1. The molecule has 124 valence electrons. The van der Waals surface area contributed by atoms with E-state index in [0.717, 1.165) is 0 Å². The molecule has 1 heterocycles. The maximum atomic E-state index is 12.4. The van der Waals surface area contributed by atoms with E-state index in [1.165, 1.54) is 21.4 Å². The largest absolute Gasteiger partial charge is 0.485 e. The lowest BCUT2D eigenvalue weighted by molar-refractivity contribution is -0.385. The highest BCUT2D eigenvalue weighted by molar-refractivity contribution is 5.45. The van der Waals surface area contributed by atoms with Gasteiger partial charge < -0.3 is 4.74 Å². The van der Waals surface area contributed by atoms with Gasteiger partial charge in [0, 0.05) is 6.07 Å². The lowest BCUT2D eigenvalue weighted by Crippen LogP contribution is -2.36. The van der Waals surface area contributed by atoms with E-state index < -0.39 is 10.5 Å². The van der Waals surface area contributed by atoms with Gasteiger partial charge in [0.2, 0.25) is 0 Å². The minimum atomic E-state index is -0.496. The second-order valence-corrected chi connectivity index (χ2v) is 6.14. The van der Waals surface area contributed by atoms with Crippen LogP contribution in [-0.2, 0) is 12.1 Å². The predicted molar refractivity (Wildman–Crippen MR) is 84.8 cm³/mol. The highest BCUT2D eigenvalue weighted by Gasteiger charge is 2.21. The van der Waals surface area contributed by atoms with Crippen LogP contribution in [0.4, 0.5) is 5.69 Å². The maximum absolute atomic E-state index is 12.4. The third-order valence-electron chi connectivity index (χ3n) is 3.32. The number of nitro groups is 1. The van der Waals surface area contributed by atoms with Gasteiger partial charge in [-0.15, -0.1) is 0 Å². The summed E-state index contributed by atoms with van der Waals surface area (Å²) in [6.45, 7) is 7.85. The van der Waals surface area contributed by atoms with E-state index >= 15 is 0 Å². The van der Waals surface area contributed by atoms with Crippen LogP contribution in [0.3, 0.4) is 0 Å². The topological polar surface area (TPSA) is 92.2 Å². The molecular weight excluding hydrogens is 300 g/mol. The van der Waals surface area contributed by atoms with Gasteiger partial charge in [-0.3, -0.25) is 14.7 Å². The molecule has 0 amide bonds. The first kappa shape index (κ1) is 16.7. The summed E-state index contributed by atoms with van der Waals surface area (Å²) in [6.07, 6.45) is 0. The summed E-state index contributed by atoms with van der Waals surface area (Å²) in [5.74, 6) is 0.766. The van der Waals surface area contributed by atoms with E-state index in [2.05, 4.69) is 5.10 Å². The molecule has 2 aromatic rings. The van der Waals surface area contributed by atoms with Gasteiger partial charge in [0.05, 0.1) is 17.0 Å². The Hall–Kier alpha value is -2.64. The quantitative estimate of drug-likeness (QED) is 0.621.